The monoisotopic (exact) mass is 412 g/mol. The lowest BCUT2D eigenvalue weighted by atomic mass is 10.0. The zero-order valence-corrected chi connectivity index (χ0v) is 17.7. The van der Waals surface area contributed by atoms with Crippen molar-refractivity contribution in [3.05, 3.63) is 0 Å². The average Bonchev–Trinajstić information content (AvgIpc) is 2.59. The predicted molar refractivity (Wildman–Crippen MR) is 106 cm³/mol. The third-order valence-corrected chi connectivity index (χ3v) is 5.28. The van der Waals surface area contributed by atoms with E-state index in [-0.39, 0.29) is 6.42 Å². The highest BCUT2D eigenvalue weighted by atomic mass is 31.2. The molecule has 0 saturated heterocycles. The minimum atomic E-state index is -4.90. The second-order valence-corrected chi connectivity index (χ2v) is 8.62. The van der Waals surface area contributed by atoms with Gasteiger partial charge >= 0.3 is 7.82 Å². The maximum Gasteiger partial charge on any atom is 0.472 e. The molecular formula is C19H41O7P. The fourth-order valence-corrected chi connectivity index (χ4v) is 3.52. The maximum absolute atomic E-state index is 10.6. The number of hydrogen-bond acceptors (Lipinski definition) is 5. The van der Waals surface area contributed by atoms with Gasteiger partial charge in [-0.15, -0.1) is 0 Å². The van der Waals surface area contributed by atoms with Crippen LogP contribution < -0.4 is 0 Å². The summed E-state index contributed by atoms with van der Waals surface area (Å²) in [5.41, 5.74) is 0. The number of unbranched alkanes of at least 4 members (excludes halogenated alkanes) is 13. The van der Waals surface area contributed by atoms with E-state index in [0.717, 1.165) is 19.3 Å². The summed E-state index contributed by atoms with van der Waals surface area (Å²) in [6, 6.07) is 0. The first-order valence-corrected chi connectivity index (χ1v) is 12.1. The second kappa shape index (κ2) is 16.9. The molecule has 0 aromatic rings. The lowest BCUT2D eigenvalue weighted by Crippen LogP contribution is -2.38. The van der Waals surface area contributed by atoms with Crippen molar-refractivity contribution >= 4 is 7.82 Å². The molecule has 27 heavy (non-hydrogen) atoms. The SMILES string of the molecule is CCCCCCCCCCCCCCCCC(O)C(O)C(O)OP(=O)(O)O. The van der Waals surface area contributed by atoms with Crippen molar-refractivity contribution in [1.82, 2.24) is 0 Å². The molecule has 0 heterocycles. The summed E-state index contributed by atoms with van der Waals surface area (Å²) in [4.78, 5) is 17.1. The molecule has 0 radical (unpaired) electrons. The Balaban J connectivity index is 3.44. The molecule has 0 aliphatic rings. The summed E-state index contributed by atoms with van der Waals surface area (Å²) in [7, 11) is -4.90. The van der Waals surface area contributed by atoms with E-state index in [1.54, 1.807) is 0 Å². The molecule has 0 spiro atoms. The number of hydrogen-bond donors (Lipinski definition) is 5. The van der Waals surface area contributed by atoms with Gasteiger partial charge in [-0.2, -0.15) is 0 Å². The van der Waals surface area contributed by atoms with Gasteiger partial charge in [-0.25, -0.2) is 4.57 Å². The summed E-state index contributed by atoms with van der Waals surface area (Å²) in [6.45, 7) is 2.24. The Bertz CT molecular complexity index is 375. The fraction of sp³-hybridized carbons (Fsp3) is 1.00. The molecule has 5 N–H and O–H groups in total. The van der Waals surface area contributed by atoms with Gasteiger partial charge < -0.3 is 25.1 Å². The molecule has 0 fully saturated rings. The molecular weight excluding hydrogens is 371 g/mol. The van der Waals surface area contributed by atoms with Gasteiger partial charge in [0, 0.05) is 0 Å². The Morgan fingerprint density at radius 2 is 1.07 bits per heavy atom. The van der Waals surface area contributed by atoms with E-state index >= 15 is 0 Å². The Labute approximate surface area is 164 Å². The van der Waals surface area contributed by atoms with Gasteiger partial charge in [0.2, 0.25) is 0 Å². The molecule has 8 heteroatoms. The standard InChI is InChI=1S/C19H41O7P/c1-2-3-4-5-6-7-8-9-10-11-12-13-14-15-16-17(20)18(21)19(22)26-27(23,24)25/h17-22H,2-16H2,1H3,(H2,23,24,25). The molecule has 0 aliphatic heterocycles. The summed E-state index contributed by atoms with van der Waals surface area (Å²) < 4.78 is 14.5. The topological polar surface area (TPSA) is 127 Å². The van der Waals surface area contributed by atoms with Crippen LogP contribution in [0.15, 0.2) is 0 Å². The quantitative estimate of drug-likeness (QED) is 0.123. The lowest BCUT2D eigenvalue weighted by Gasteiger charge is -2.22. The number of phosphoric ester groups is 1. The normalized spacial score (nSPS) is 15.6. The van der Waals surface area contributed by atoms with Gasteiger partial charge in [-0.05, 0) is 6.42 Å². The number of phosphoric acid groups is 1. The highest BCUT2D eigenvalue weighted by molar-refractivity contribution is 7.46. The molecule has 3 unspecified atom stereocenters. The van der Waals surface area contributed by atoms with Gasteiger partial charge in [0.25, 0.3) is 0 Å². The molecule has 0 aromatic heterocycles. The fourth-order valence-electron chi connectivity index (χ4n) is 3.11. The third-order valence-electron chi connectivity index (χ3n) is 4.79. The molecule has 7 nitrogen and oxygen atoms in total. The van der Waals surface area contributed by atoms with Crippen molar-refractivity contribution in [1.29, 1.82) is 0 Å². The highest BCUT2D eigenvalue weighted by Crippen LogP contribution is 2.38. The molecule has 0 rings (SSSR count). The Morgan fingerprint density at radius 3 is 1.44 bits per heavy atom. The lowest BCUT2D eigenvalue weighted by molar-refractivity contribution is -0.151. The number of aliphatic hydroxyl groups excluding tert-OH is 3. The van der Waals surface area contributed by atoms with Crippen LogP contribution in [0.2, 0.25) is 0 Å². The van der Waals surface area contributed by atoms with Crippen molar-refractivity contribution in [3.8, 4) is 0 Å². The van der Waals surface area contributed by atoms with Crippen LogP contribution in [-0.2, 0) is 9.09 Å². The summed E-state index contributed by atoms with van der Waals surface area (Å²) in [5, 5.41) is 28.6. The zero-order valence-electron chi connectivity index (χ0n) is 16.8. The number of rotatable bonds is 19. The van der Waals surface area contributed by atoms with Gasteiger partial charge in [0.1, 0.15) is 6.10 Å². The maximum atomic E-state index is 10.6. The Hall–Kier alpha value is -0.0100. The van der Waals surface area contributed by atoms with Crippen LogP contribution in [0.25, 0.3) is 0 Å². The van der Waals surface area contributed by atoms with E-state index < -0.39 is 26.3 Å². The summed E-state index contributed by atoms with van der Waals surface area (Å²) in [6.07, 6.45) is 12.2. The van der Waals surface area contributed by atoms with Crippen molar-refractivity contribution < 1.29 is 34.2 Å². The number of aliphatic hydroxyl groups is 3. The van der Waals surface area contributed by atoms with E-state index in [0.29, 0.717) is 6.42 Å². The van der Waals surface area contributed by atoms with Crippen LogP contribution in [0.1, 0.15) is 103 Å². The average molecular weight is 413 g/mol. The predicted octanol–water partition coefficient (Wildman–Crippen LogP) is 4.01. The van der Waals surface area contributed by atoms with E-state index in [4.69, 9.17) is 9.79 Å². The molecule has 0 aliphatic carbocycles. The van der Waals surface area contributed by atoms with Crippen molar-refractivity contribution in [2.24, 2.45) is 0 Å². The van der Waals surface area contributed by atoms with Crippen LogP contribution in [0, 0.1) is 0 Å². The first-order chi connectivity index (χ1) is 12.8. The van der Waals surface area contributed by atoms with Crippen LogP contribution in [-0.4, -0.2) is 43.6 Å². The van der Waals surface area contributed by atoms with E-state index in [9.17, 15) is 19.9 Å². The molecule has 3 atom stereocenters. The second-order valence-electron chi connectivity index (χ2n) is 7.43. The van der Waals surface area contributed by atoms with Crippen molar-refractivity contribution in [3.63, 3.8) is 0 Å². The molecule has 0 bridgehead atoms. The highest BCUT2D eigenvalue weighted by Gasteiger charge is 2.30. The van der Waals surface area contributed by atoms with Gasteiger partial charge in [0.05, 0.1) is 6.10 Å². The molecule has 0 aromatic carbocycles. The molecule has 164 valence electrons. The van der Waals surface area contributed by atoms with Crippen LogP contribution in [0.5, 0.6) is 0 Å². The largest absolute Gasteiger partial charge is 0.472 e. The van der Waals surface area contributed by atoms with Crippen molar-refractivity contribution in [2.45, 2.75) is 122 Å². The minimum absolute atomic E-state index is 0.251. The summed E-state index contributed by atoms with van der Waals surface area (Å²) >= 11 is 0. The van der Waals surface area contributed by atoms with E-state index in [1.165, 1.54) is 64.2 Å². The molecule has 0 amide bonds. The first kappa shape index (κ1) is 27.0. The Morgan fingerprint density at radius 1 is 0.704 bits per heavy atom. The van der Waals surface area contributed by atoms with Crippen molar-refractivity contribution in [2.75, 3.05) is 0 Å². The zero-order chi connectivity index (χ0) is 20.5. The first-order valence-electron chi connectivity index (χ1n) is 10.6. The van der Waals surface area contributed by atoms with Gasteiger partial charge in [-0.1, -0.05) is 96.8 Å². The van der Waals surface area contributed by atoms with Gasteiger partial charge in [-0.3, -0.25) is 4.52 Å². The van der Waals surface area contributed by atoms with E-state index in [1.807, 2.05) is 0 Å². The van der Waals surface area contributed by atoms with E-state index in [2.05, 4.69) is 11.4 Å². The minimum Gasteiger partial charge on any atom is -0.390 e. The van der Waals surface area contributed by atoms with Crippen LogP contribution in [0.4, 0.5) is 0 Å². The van der Waals surface area contributed by atoms with Crippen LogP contribution >= 0.6 is 7.82 Å². The summed E-state index contributed by atoms with van der Waals surface area (Å²) in [5.74, 6) is 0. The molecule has 0 saturated carbocycles. The van der Waals surface area contributed by atoms with Gasteiger partial charge in [0.15, 0.2) is 6.29 Å². The van der Waals surface area contributed by atoms with Crippen LogP contribution in [0.3, 0.4) is 0 Å². The Kier molecular flexibility index (Phi) is 16.9. The smallest absolute Gasteiger partial charge is 0.390 e. The third kappa shape index (κ3) is 17.8.